The summed E-state index contributed by atoms with van der Waals surface area (Å²) in [6.45, 7) is 1.46. The van der Waals surface area contributed by atoms with Crippen LogP contribution in [0.3, 0.4) is 0 Å². The number of ketones is 1. The molecule has 6 heteroatoms. The largest absolute Gasteiger partial charge is 0.298 e. The minimum absolute atomic E-state index is 0.107. The third-order valence-electron chi connectivity index (χ3n) is 4.04. The van der Waals surface area contributed by atoms with Crippen molar-refractivity contribution in [1.29, 1.82) is 0 Å². The molecular formula is C15H20ClNO3S. The fourth-order valence-electron chi connectivity index (χ4n) is 2.84. The number of hydrogen-bond acceptors (Lipinski definition) is 3. The Morgan fingerprint density at radius 1 is 1.24 bits per heavy atom. The Balaban J connectivity index is 2.19. The third-order valence-corrected chi connectivity index (χ3v) is 5.80. The zero-order chi connectivity index (χ0) is 15.5. The van der Waals surface area contributed by atoms with E-state index in [1.807, 2.05) is 0 Å². The number of Topliss-reactive ketones (excluding diaryl/α,β-unsaturated/α-hetero) is 1. The molecule has 0 aliphatic heterocycles. The molecule has 1 aliphatic rings. The first-order chi connectivity index (χ1) is 9.85. The van der Waals surface area contributed by atoms with Crippen LogP contribution in [-0.2, 0) is 20.6 Å². The van der Waals surface area contributed by atoms with Crippen LogP contribution >= 0.6 is 11.6 Å². The quantitative estimate of drug-likeness (QED) is 0.903. The van der Waals surface area contributed by atoms with Crippen molar-refractivity contribution >= 4 is 27.4 Å². The number of nitrogens with one attached hydrogen (secondary N) is 1. The number of benzene rings is 1. The summed E-state index contributed by atoms with van der Waals surface area (Å²) in [7, 11) is -3.62. The van der Waals surface area contributed by atoms with E-state index in [0.717, 1.165) is 19.3 Å². The van der Waals surface area contributed by atoms with E-state index in [-0.39, 0.29) is 11.5 Å². The Bertz CT molecular complexity index is 622. The normalized spacial score (nSPS) is 18.4. The SMILES string of the molecule is CC(=O)C1(NS(=O)(=O)Cc2ccccc2Cl)CCCCC1. The highest BCUT2D eigenvalue weighted by molar-refractivity contribution is 7.88. The lowest BCUT2D eigenvalue weighted by Gasteiger charge is -2.35. The van der Waals surface area contributed by atoms with Crippen LogP contribution in [0.15, 0.2) is 24.3 Å². The average molecular weight is 330 g/mol. The summed E-state index contributed by atoms with van der Waals surface area (Å²) in [6, 6.07) is 6.85. The molecule has 0 spiro atoms. The molecule has 0 atom stereocenters. The van der Waals surface area contributed by atoms with E-state index in [9.17, 15) is 13.2 Å². The summed E-state index contributed by atoms with van der Waals surface area (Å²) >= 11 is 6.01. The van der Waals surface area contributed by atoms with Gasteiger partial charge in [-0.1, -0.05) is 49.1 Å². The molecule has 21 heavy (non-hydrogen) atoms. The van der Waals surface area contributed by atoms with Crippen LogP contribution in [0.1, 0.15) is 44.6 Å². The number of hydrogen-bond donors (Lipinski definition) is 1. The van der Waals surface area contributed by atoms with Crippen LogP contribution in [0.2, 0.25) is 5.02 Å². The van der Waals surface area contributed by atoms with Crippen molar-refractivity contribution in [2.24, 2.45) is 0 Å². The smallest absolute Gasteiger partial charge is 0.216 e. The standard InChI is InChI=1S/C15H20ClNO3S/c1-12(18)15(9-5-2-6-10-15)17-21(19,20)11-13-7-3-4-8-14(13)16/h3-4,7-8,17H,2,5-6,9-11H2,1H3. The van der Waals surface area contributed by atoms with Crippen LogP contribution in [-0.4, -0.2) is 19.7 Å². The van der Waals surface area contributed by atoms with Gasteiger partial charge >= 0.3 is 0 Å². The molecule has 0 saturated heterocycles. The van der Waals surface area contributed by atoms with Gasteiger partial charge in [-0.2, -0.15) is 0 Å². The van der Waals surface area contributed by atoms with Gasteiger partial charge in [0.25, 0.3) is 0 Å². The summed E-state index contributed by atoms with van der Waals surface area (Å²) in [5.41, 5.74) is -0.389. The second-order valence-corrected chi connectivity index (χ2v) is 7.78. The van der Waals surface area contributed by atoms with Gasteiger partial charge in [0.15, 0.2) is 5.78 Å². The molecule has 4 nitrogen and oxygen atoms in total. The summed E-state index contributed by atoms with van der Waals surface area (Å²) in [4.78, 5) is 12.0. The molecule has 1 aromatic rings. The van der Waals surface area contributed by atoms with Gasteiger partial charge in [-0.05, 0) is 31.4 Å². The van der Waals surface area contributed by atoms with Gasteiger partial charge < -0.3 is 0 Å². The molecule has 2 rings (SSSR count). The minimum atomic E-state index is -3.62. The first-order valence-electron chi connectivity index (χ1n) is 7.11. The summed E-state index contributed by atoms with van der Waals surface area (Å²) < 4.78 is 27.5. The third kappa shape index (κ3) is 4.05. The Labute approximate surface area is 130 Å². The predicted octanol–water partition coefficient (Wildman–Crippen LogP) is 3.05. The Morgan fingerprint density at radius 3 is 2.43 bits per heavy atom. The fraction of sp³-hybridized carbons (Fsp3) is 0.533. The van der Waals surface area contributed by atoms with Crippen molar-refractivity contribution < 1.29 is 13.2 Å². The highest BCUT2D eigenvalue weighted by Gasteiger charge is 2.40. The topological polar surface area (TPSA) is 63.2 Å². The molecule has 1 aliphatic carbocycles. The second kappa shape index (κ2) is 6.46. The van der Waals surface area contributed by atoms with Crippen LogP contribution in [0, 0.1) is 0 Å². The van der Waals surface area contributed by atoms with Crippen LogP contribution < -0.4 is 4.72 Å². The number of sulfonamides is 1. The lowest BCUT2D eigenvalue weighted by molar-refractivity contribution is -0.123. The van der Waals surface area contributed by atoms with Crippen LogP contribution in [0.4, 0.5) is 0 Å². The van der Waals surface area contributed by atoms with Crippen molar-refractivity contribution in [2.45, 2.75) is 50.3 Å². The van der Waals surface area contributed by atoms with E-state index >= 15 is 0 Å². The number of carbonyl (C=O) groups is 1. The first-order valence-corrected chi connectivity index (χ1v) is 9.14. The van der Waals surface area contributed by atoms with E-state index < -0.39 is 15.6 Å². The Kier molecular flexibility index (Phi) is 5.07. The lowest BCUT2D eigenvalue weighted by Crippen LogP contribution is -2.54. The van der Waals surface area contributed by atoms with E-state index in [1.54, 1.807) is 24.3 Å². The minimum Gasteiger partial charge on any atom is -0.298 e. The van der Waals surface area contributed by atoms with Gasteiger partial charge in [0.1, 0.15) is 0 Å². The molecule has 0 aromatic heterocycles. The molecular weight excluding hydrogens is 310 g/mol. The van der Waals surface area contributed by atoms with Gasteiger partial charge in [0.2, 0.25) is 10.0 Å². The number of carbonyl (C=O) groups excluding carboxylic acids is 1. The van der Waals surface area contributed by atoms with Crippen LogP contribution in [0.5, 0.6) is 0 Å². The van der Waals surface area contributed by atoms with Crippen molar-refractivity contribution in [2.75, 3.05) is 0 Å². The van der Waals surface area contributed by atoms with Crippen molar-refractivity contribution in [3.63, 3.8) is 0 Å². The summed E-state index contributed by atoms with van der Waals surface area (Å²) in [5, 5.41) is 0.420. The van der Waals surface area contributed by atoms with Crippen LogP contribution in [0.25, 0.3) is 0 Å². The molecule has 0 bridgehead atoms. The fourth-order valence-corrected chi connectivity index (χ4v) is 4.79. The van der Waals surface area contributed by atoms with E-state index in [1.165, 1.54) is 6.92 Å². The first kappa shape index (κ1) is 16.5. The zero-order valence-corrected chi connectivity index (χ0v) is 13.6. The maximum Gasteiger partial charge on any atom is 0.216 e. The summed E-state index contributed by atoms with van der Waals surface area (Å²) in [5.74, 6) is -0.313. The molecule has 0 amide bonds. The molecule has 0 heterocycles. The molecule has 0 unspecified atom stereocenters. The Morgan fingerprint density at radius 2 is 1.86 bits per heavy atom. The zero-order valence-electron chi connectivity index (χ0n) is 12.1. The van der Waals surface area contributed by atoms with E-state index in [0.29, 0.717) is 23.4 Å². The van der Waals surface area contributed by atoms with Gasteiger partial charge in [-0.15, -0.1) is 0 Å². The van der Waals surface area contributed by atoms with Crippen molar-refractivity contribution in [3.8, 4) is 0 Å². The van der Waals surface area contributed by atoms with E-state index in [2.05, 4.69) is 4.72 Å². The summed E-state index contributed by atoms with van der Waals surface area (Å²) in [6.07, 6.45) is 3.93. The predicted molar refractivity (Wildman–Crippen MR) is 83.7 cm³/mol. The Hall–Kier alpha value is -0.910. The maximum atomic E-state index is 12.4. The lowest BCUT2D eigenvalue weighted by atomic mass is 9.80. The van der Waals surface area contributed by atoms with Gasteiger partial charge in [0, 0.05) is 5.02 Å². The van der Waals surface area contributed by atoms with Gasteiger partial charge in [-0.3, -0.25) is 4.79 Å². The molecule has 116 valence electrons. The molecule has 0 radical (unpaired) electrons. The molecule has 1 saturated carbocycles. The van der Waals surface area contributed by atoms with Crippen molar-refractivity contribution in [3.05, 3.63) is 34.9 Å². The van der Waals surface area contributed by atoms with E-state index in [4.69, 9.17) is 11.6 Å². The number of halogens is 1. The molecule has 1 aromatic carbocycles. The van der Waals surface area contributed by atoms with Gasteiger partial charge in [-0.25, -0.2) is 13.1 Å². The highest BCUT2D eigenvalue weighted by Crippen LogP contribution is 2.30. The molecule has 1 N–H and O–H groups in total. The van der Waals surface area contributed by atoms with Crippen molar-refractivity contribution in [1.82, 2.24) is 4.72 Å². The number of rotatable bonds is 5. The maximum absolute atomic E-state index is 12.4. The molecule has 1 fully saturated rings. The second-order valence-electron chi connectivity index (χ2n) is 5.65. The monoisotopic (exact) mass is 329 g/mol. The highest BCUT2D eigenvalue weighted by atomic mass is 35.5. The average Bonchev–Trinajstić information content (AvgIpc) is 2.41. The van der Waals surface area contributed by atoms with Gasteiger partial charge in [0.05, 0.1) is 11.3 Å².